The molecule has 1 aromatic rings. The van der Waals surface area contributed by atoms with Crippen molar-refractivity contribution < 1.29 is 27.8 Å². The minimum Gasteiger partial charge on any atom is -0.465 e. The Morgan fingerprint density at radius 2 is 1.64 bits per heavy atom. The van der Waals surface area contributed by atoms with Crippen LogP contribution in [-0.2, 0) is 9.47 Å². The van der Waals surface area contributed by atoms with Crippen LogP contribution in [0.5, 0.6) is 0 Å². The van der Waals surface area contributed by atoms with Gasteiger partial charge in [0.1, 0.15) is 17.2 Å². The van der Waals surface area contributed by atoms with E-state index in [1.807, 2.05) is 0 Å². The summed E-state index contributed by atoms with van der Waals surface area (Å²) in [5, 5.41) is 0. The second-order valence-corrected chi connectivity index (χ2v) is 6.73. The zero-order valence-corrected chi connectivity index (χ0v) is 14.8. The highest BCUT2D eigenvalue weighted by Crippen LogP contribution is 2.25. The second kappa shape index (κ2) is 7.25. The molecule has 2 rings (SSSR count). The molecule has 0 aliphatic carbocycles. The molecule has 0 atom stereocenters. The predicted molar refractivity (Wildman–Crippen MR) is 87.7 cm³/mol. The molecule has 0 aromatic heterocycles. The van der Waals surface area contributed by atoms with Gasteiger partial charge in [0.25, 0.3) is 0 Å². The number of ether oxygens (including phenoxy) is 2. The van der Waals surface area contributed by atoms with E-state index in [2.05, 4.69) is 4.74 Å². The predicted octanol–water partition coefficient (Wildman–Crippen LogP) is 2.81. The summed E-state index contributed by atoms with van der Waals surface area (Å²) in [6.45, 7) is 6.68. The number of rotatable bonds is 2. The third-order valence-electron chi connectivity index (χ3n) is 3.71. The normalized spacial score (nSPS) is 15.1. The lowest BCUT2D eigenvalue weighted by atomic mass is 10.1. The molecule has 0 bridgehead atoms. The number of esters is 1. The van der Waals surface area contributed by atoms with Crippen LogP contribution in [0.1, 0.15) is 31.1 Å². The Labute approximate surface area is 145 Å². The molecule has 0 spiro atoms. The van der Waals surface area contributed by atoms with Crippen molar-refractivity contribution in [3.8, 4) is 0 Å². The second-order valence-electron chi connectivity index (χ2n) is 6.73. The van der Waals surface area contributed by atoms with Gasteiger partial charge in [0, 0.05) is 32.2 Å². The van der Waals surface area contributed by atoms with E-state index >= 15 is 0 Å². The van der Waals surface area contributed by atoms with Gasteiger partial charge in [0.2, 0.25) is 0 Å². The Kier molecular flexibility index (Phi) is 5.49. The van der Waals surface area contributed by atoms with Gasteiger partial charge in [-0.05, 0) is 26.8 Å². The number of halogens is 2. The number of piperazine rings is 1. The third-order valence-corrected chi connectivity index (χ3v) is 3.71. The van der Waals surface area contributed by atoms with Crippen molar-refractivity contribution in [2.75, 3.05) is 38.2 Å². The molecule has 0 saturated carbocycles. The first-order valence-electron chi connectivity index (χ1n) is 7.92. The largest absolute Gasteiger partial charge is 0.465 e. The Balaban J connectivity index is 2.10. The summed E-state index contributed by atoms with van der Waals surface area (Å²) in [5.74, 6) is -2.61. The van der Waals surface area contributed by atoms with Gasteiger partial charge in [-0.1, -0.05) is 0 Å². The van der Waals surface area contributed by atoms with Crippen LogP contribution in [0.4, 0.5) is 19.3 Å². The molecular weight excluding hydrogens is 334 g/mol. The van der Waals surface area contributed by atoms with Crippen LogP contribution in [0.3, 0.4) is 0 Å². The summed E-state index contributed by atoms with van der Waals surface area (Å²) < 4.78 is 37.7. The van der Waals surface area contributed by atoms with Crippen molar-refractivity contribution in [3.63, 3.8) is 0 Å². The molecular formula is C17H22F2N2O4. The topological polar surface area (TPSA) is 59.1 Å². The fourth-order valence-electron chi connectivity index (χ4n) is 2.50. The van der Waals surface area contributed by atoms with E-state index < -0.39 is 29.3 Å². The maximum Gasteiger partial charge on any atom is 0.410 e. The highest BCUT2D eigenvalue weighted by Gasteiger charge is 2.28. The van der Waals surface area contributed by atoms with Crippen LogP contribution in [0, 0.1) is 11.6 Å². The number of carbonyl (C=O) groups is 2. The third kappa shape index (κ3) is 4.58. The summed E-state index contributed by atoms with van der Waals surface area (Å²) in [4.78, 5) is 26.8. The van der Waals surface area contributed by atoms with Crippen molar-refractivity contribution >= 4 is 17.7 Å². The standard InChI is InChI=1S/C17H22F2N2O4/c1-17(2,3)25-16(23)21-7-5-20(6-8-21)14-9-11(15(22)24-4)12(18)10-13(14)19/h9-10H,5-8H2,1-4H3. The first-order valence-corrected chi connectivity index (χ1v) is 7.92. The van der Waals surface area contributed by atoms with E-state index in [1.54, 1.807) is 25.7 Å². The monoisotopic (exact) mass is 356 g/mol. The first-order chi connectivity index (χ1) is 11.6. The highest BCUT2D eigenvalue weighted by atomic mass is 19.1. The zero-order chi connectivity index (χ0) is 18.8. The van der Waals surface area contributed by atoms with Gasteiger partial charge in [0.15, 0.2) is 0 Å². The Bertz CT molecular complexity index is 665. The lowest BCUT2D eigenvalue weighted by Crippen LogP contribution is -2.50. The number of hydrogen-bond acceptors (Lipinski definition) is 5. The Hall–Kier alpha value is -2.38. The van der Waals surface area contributed by atoms with Crippen LogP contribution in [-0.4, -0.2) is 55.9 Å². The first kappa shape index (κ1) is 19.0. The average Bonchev–Trinajstić information content (AvgIpc) is 2.53. The van der Waals surface area contributed by atoms with E-state index in [4.69, 9.17) is 4.74 Å². The number of amides is 1. The van der Waals surface area contributed by atoms with Crippen LogP contribution in [0.2, 0.25) is 0 Å². The Morgan fingerprint density at radius 3 is 2.16 bits per heavy atom. The minimum atomic E-state index is -0.972. The molecule has 0 radical (unpaired) electrons. The molecule has 1 fully saturated rings. The maximum atomic E-state index is 14.1. The molecule has 1 saturated heterocycles. The molecule has 0 N–H and O–H groups in total. The van der Waals surface area contributed by atoms with E-state index in [1.165, 1.54) is 4.90 Å². The number of benzene rings is 1. The van der Waals surface area contributed by atoms with Gasteiger partial charge < -0.3 is 19.3 Å². The molecule has 25 heavy (non-hydrogen) atoms. The maximum absolute atomic E-state index is 14.1. The molecule has 1 aliphatic heterocycles. The summed E-state index contributed by atoms with van der Waals surface area (Å²) in [7, 11) is 1.13. The van der Waals surface area contributed by atoms with Gasteiger partial charge >= 0.3 is 12.1 Å². The summed E-state index contributed by atoms with van der Waals surface area (Å²) in [6.07, 6.45) is -0.429. The molecule has 1 heterocycles. The lowest BCUT2D eigenvalue weighted by molar-refractivity contribution is 0.0240. The SMILES string of the molecule is COC(=O)c1cc(N2CCN(C(=O)OC(C)(C)C)CC2)c(F)cc1F. The van der Waals surface area contributed by atoms with Crippen molar-refractivity contribution in [2.45, 2.75) is 26.4 Å². The smallest absolute Gasteiger partial charge is 0.410 e. The Morgan fingerprint density at radius 1 is 1.04 bits per heavy atom. The van der Waals surface area contributed by atoms with E-state index in [-0.39, 0.29) is 11.3 Å². The molecule has 138 valence electrons. The molecule has 1 amide bonds. The van der Waals surface area contributed by atoms with Crippen molar-refractivity contribution in [1.82, 2.24) is 4.90 Å². The van der Waals surface area contributed by atoms with Gasteiger partial charge in [-0.15, -0.1) is 0 Å². The van der Waals surface area contributed by atoms with Crippen LogP contribution in [0.15, 0.2) is 12.1 Å². The fourth-order valence-corrected chi connectivity index (χ4v) is 2.50. The molecule has 8 heteroatoms. The zero-order valence-electron chi connectivity index (χ0n) is 14.8. The van der Waals surface area contributed by atoms with Crippen molar-refractivity contribution in [2.24, 2.45) is 0 Å². The number of anilines is 1. The average molecular weight is 356 g/mol. The summed E-state index contributed by atoms with van der Waals surface area (Å²) >= 11 is 0. The van der Waals surface area contributed by atoms with Crippen LogP contribution in [0.25, 0.3) is 0 Å². The van der Waals surface area contributed by atoms with Gasteiger partial charge in [-0.25, -0.2) is 18.4 Å². The molecule has 0 unspecified atom stereocenters. The van der Waals surface area contributed by atoms with E-state index in [0.717, 1.165) is 13.2 Å². The van der Waals surface area contributed by atoms with Crippen molar-refractivity contribution in [3.05, 3.63) is 29.3 Å². The van der Waals surface area contributed by atoms with Gasteiger partial charge in [0.05, 0.1) is 18.4 Å². The van der Waals surface area contributed by atoms with Gasteiger partial charge in [-0.2, -0.15) is 0 Å². The number of carbonyl (C=O) groups excluding carboxylic acids is 2. The summed E-state index contributed by atoms with van der Waals surface area (Å²) in [6, 6.07) is 1.81. The number of methoxy groups -OCH3 is 1. The van der Waals surface area contributed by atoms with Gasteiger partial charge in [-0.3, -0.25) is 0 Å². The summed E-state index contributed by atoms with van der Waals surface area (Å²) in [5.41, 5.74) is -0.814. The number of nitrogens with zero attached hydrogens (tertiary/aromatic N) is 2. The number of hydrogen-bond donors (Lipinski definition) is 0. The quantitative estimate of drug-likeness (QED) is 0.763. The molecule has 1 aromatic carbocycles. The lowest BCUT2D eigenvalue weighted by Gasteiger charge is -2.37. The van der Waals surface area contributed by atoms with E-state index in [9.17, 15) is 18.4 Å². The van der Waals surface area contributed by atoms with Crippen LogP contribution < -0.4 is 4.90 Å². The van der Waals surface area contributed by atoms with Crippen molar-refractivity contribution in [1.29, 1.82) is 0 Å². The molecule has 1 aliphatic rings. The fraction of sp³-hybridized carbons (Fsp3) is 0.529. The van der Waals surface area contributed by atoms with Crippen LogP contribution >= 0.6 is 0 Å². The molecule has 6 nitrogen and oxygen atoms in total. The van der Waals surface area contributed by atoms with E-state index in [0.29, 0.717) is 32.2 Å². The minimum absolute atomic E-state index is 0.102. The highest BCUT2D eigenvalue weighted by molar-refractivity contribution is 5.91.